The molecule has 2 fully saturated rings. The molecule has 192 valence electrons. The Hall–Kier alpha value is -3.46. The second kappa shape index (κ2) is 10.7. The van der Waals surface area contributed by atoms with Crippen molar-refractivity contribution in [1.82, 2.24) is 15.1 Å². The van der Waals surface area contributed by atoms with Crippen LogP contribution in [0.1, 0.15) is 53.8 Å². The van der Waals surface area contributed by atoms with E-state index in [0.717, 1.165) is 6.42 Å². The molecule has 8 nitrogen and oxygen atoms in total. The summed E-state index contributed by atoms with van der Waals surface area (Å²) in [6.45, 7) is 4.63. The van der Waals surface area contributed by atoms with Crippen LogP contribution >= 0.6 is 0 Å². The van der Waals surface area contributed by atoms with Crippen molar-refractivity contribution in [2.24, 2.45) is 0 Å². The first-order valence-corrected chi connectivity index (χ1v) is 12.2. The van der Waals surface area contributed by atoms with Crippen molar-refractivity contribution in [3.05, 3.63) is 65.5 Å². The fourth-order valence-corrected chi connectivity index (χ4v) is 4.74. The first-order valence-electron chi connectivity index (χ1n) is 12.2. The van der Waals surface area contributed by atoms with E-state index in [2.05, 4.69) is 5.32 Å². The summed E-state index contributed by atoms with van der Waals surface area (Å²) in [4.78, 5) is 43.2. The van der Waals surface area contributed by atoms with Crippen molar-refractivity contribution >= 4 is 17.7 Å². The van der Waals surface area contributed by atoms with E-state index < -0.39 is 17.6 Å². The molecule has 9 heteroatoms. The average molecular weight is 498 g/mol. The summed E-state index contributed by atoms with van der Waals surface area (Å²) in [6.07, 6.45) is 1.46. The van der Waals surface area contributed by atoms with Crippen molar-refractivity contribution in [1.29, 1.82) is 0 Å². The minimum Gasteiger partial charge on any atom is -0.497 e. The summed E-state index contributed by atoms with van der Waals surface area (Å²) < 4.78 is 24.8. The van der Waals surface area contributed by atoms with Crippen molar-refractivity contribution in [3.63, 3.8) is 0 Å². The van der Waals surface area contributed by atoms with Gasteiger partial charge in [0.05, 0.1) is 13.7 Å². The molecule has 36 heavy (non-hydrogen) atoms. The summed E-state index contributed by atoms with van der Waals surface area (Å²) in [5.41, 5.74) is -0.225. The van der Waals surface area contributed by atoms with Gasteiger partial charge in [0.15, 0.2) is 0 Å². The van der Waals surface area contributed by atoms with Crippen molar-refractivity contribution in [2.45, 2.75) is 50.9 Å². The molecule has 2 aromatic carbocycles. The number of hydrogen-bond donors (Lipinski definition) is 1. The van der Waals surface area contributed by atoms with Gasteiger partial charge in [-0.05, 0) is 55.8 Å². The Morgan fingerprint density at radius 1 is 1.11 bits per heavy atom. The summed E-state index contributed by atoms with van der Waals surface area (Å²) in [5, 5.41) is 2.97. The number of nitrogens with zero attached hydrogens (tertiary/aromatic N) is 2. The summed E-state index contributed by atoms with van der Waals surface area (Å²) in [6, 6.07) is 11.4. The molecule has 2 aliphatic heterocycles. The van der Waals surface area contributed by atoms with E-state index in [1.807, 2.05) is 13.8 Å². The van der Waals surface area contributed by atoms with Crippen LogP contribution in [-0.2, 0) is 9.53 Å². The monoisotopic (exact) mass is 497 g/mol. The molecule has 4 rings (SSSR count). The highest BCUT2D eigenvalue weighted by molar-refractivity contribution is 5.99. The van der Waals surface area contributed by atoms with Crippen molar-refractivity contribution < 1.29 is 28.2 Å². The highest BCUT2D eigenvalue weighted by Gasteiger charge is 2.54. The van der Waals surface area contributed by atoms with Crippen LogP contribution < -0.4 is 10.1 Å². The number of ether oxygens (including phenoxy) is 2. The topological polar surface area (TPSA) is 88.2 Å². The first-order chi connectivity index (χ1) is 17.3. The minimum absolute atomic E-state index is 0.0435. The second-order valence-electron chi connectivity index (χ2n) is 9.30. The van der Waals surface area contributed by atoms with Gasteiger partial charge in [-0.2, -0.15) is 0 Å². The fraction of sp³-hybridized carbons (Fsp3) is 0.444. The second-order valence-corrected chi connectivity index (χ2v) is 9.30. The molecule has 2 saturated heterocycles. The Bertz CT molecular complexity index is 1110. The zero-order chi connectivity index (χ0) is 25.9. The van der Waals surface area contributed by atoms with Crippen LogP contribution in [0.5, 0.6) is 5.75 Å². The normalized spacial score (nSPS) is 19.7. The van der Waals surface area contributed by atoms with Crippen LogP contribution in [0.4, 0.5) is 4.39 Å². The van der Waals surface area contributed by atoms with Crippen LogP contribution in [0.25, 0.3) is 0 Å². The Morgan fingerprint density at radius 3 is 2.44 bits per heavy atom. The Labute approximate surface area is 210 Å². The molecule has 0 aromatic heterocycles. The molecule has 2 aromatic rings. The summed E-state index contributed by atoms with van der Waals surface area (Å²) in [7, 11) is 1.53. The fourth-order valence-electron chi connectivity index (χ4n) is 4.74. The summed E-state index contributed by atoms with van der Waals surface area (Å²) >= 11 is 0. The summed E-state index contributed by atoms with van der Waals surface area (Å²) in [5.74, 6) is -0.664. The number of piperidine rings is 1. The third-order valence-electron chi connectivity index (χ3n) is 7.02. The number of methoxy groups -OCH3 is 1. The van der Waals surface area contributed by atoms with Gasteiger partial charge in [0.1, 0.15) is 23.3 Å². The molecule has 0 aliphatic carbocycles. The molecule has 1 spiro atoms. The molecule has 0 bridgehead atoms. The molecule has 0 radical (unpaired) electrons. The molecule has 2 heterocycles. The molecule has 2 atom stereocenters. The third-order valence-corrected chi connectivity index (χ3v) is 7.02. The number of amides is 3. The number of likely N-dealkylation sites (tertiary alicyclic amines) is 1. The molecule has 0 saturated carbocycles. The van der Waals surface area contributed by atoms with E-state index in [9.17, 15) is 18.8 Å². The van der Waals surface area contributed by atoms with Gasteiger partial charge in [0.2, 0.25) is 5.91 Å². The quantitative estimate of drug-likeness (QED) is 0.662. The smallest absolute Gasteiger partial charge is 0.257 e. The molecule has 0 unspecified atom stereocenters. The lowest BCUT2D eigenvalue weighted by atomic mass is 9.96. The SMILES string of the molecule is CC[C@@H](C)NC(=O)[C@H]1COC2(CCN(C(=O)c3ccc(F)cc3)CC2)N1C(=O)c1cccc(OC)c1. The minimum atomic E-state index is -1.02. The molecular weight excluding hydrogens is 465 g/mol. The molecule has 2 aliphatic rings. The zero-order valence-corrected chi connectivity index (χ0v) is 20.8. The Kier molecular flexibility index (Phi) is 7.59. The number of halogens is 1. The van der Waals surface area contributed by atoms with Gasteiger partial charge in [-0.15, -0.1) is 0 Å². The molecule has 3 amide bonds. The lowest BCUT2D eigenvalue weighted by Gasteiger charge is -2.44. The van der Waals surface area contributed by atoms with Gasteiger partial charge in [-0.3, -0.25) is 19.3 Å². The highest BCUT2D eigenvalue weighted by Crippen LogP contribution is 2.39. The molecular formula is C27H32FN3O5. The first kappa shape index (κ1) is 25.6. The number of benzene rings is 2. The lowest BCUT2D eigenvalue weighted by molar-refractivity contribution is -0.128. The van der Waals surface area contributed by atoms with E-state index in [1.54, 1.807) is 34.1 Å². The standard InChI is InChI=1S/C27H32FN3O5/c1-4-18(2)29-24(32)23-17-36-27(31(23)26(34)20-6-5-7-22(16-20)35-3)12-14-30(15-13-27)25(33)19-8-10-21(28)11-9-19/h5-11,16,18,23H,4,12-15,17H2,1-3H3,(H,29,32)/t18-,23-/m1/s1. The van der Waals surface area contributed by atoms with Crippen LogP contribution in [0.3, 0.4) is 0 Å². The van der Waals surface area contributed by atoms with E-state index in [-0.39, 0.29) is 30.4 Å². The van der Waals surface area contributed by atoms with Gasteiger partial charge in [0.25, 0.3) is 11.8 Å². The lowest BCUT2D eigenvalue weighted by Crippen LogP contribution is -2.60. The number of carbonyl (C=O) groups excluding carboxylic acids is 3. The highest BCUT2D eigenvalue weighted by atomic mass is 19.1. The van der Waals surface area contributed by atoms with Gasteiger partial charge < -0.3 is 19.7 Å². The van der Waals surface area contributed by atoms with Gasteiger partial charge >= 0.3 is 0 Å². The van der Waals surface area contributed by atoms with E-state index in [0.29, 0.717) is 42.8 Å². The van der Waals surface area contributed by atoms with E-state index in [4.69, 9.17) is 9.47 Å². The van der Waals surface area contributed by atoms with Crippen LogP contribution in [0, 0.1) is 5.82 Å². The van der Waals surface area contributed by atoms with Gasteiger partial charge in [0, 0.05) is 43.1 Å². The van der Waals surface area contributed by atoms with Gasteiger partial charge in [-0.1, -0.05) is 13.0 Å². The maximum Gasteiger partial charge on any atom is 0.257 e. The number of rotatable bonds is 6. The maximum atomic E-state index is 13.8. The number of carbonyl (C=O) groups is 3. The van der Waals surface area contributed by atoms with Gasteiger partial charge in [-0.25, -0.2) is 4.39 Å². The van der Waals surface area contributed by atoms with Crippen LogP contribution in [0.2, 0.25) is 0 Å². The molecule has 1 N–H and O–H groups in total. The predicted octanol–water partition coefficient (Wildman–Crippen LogP) is 3.22. The zero-order valence-electron chi connectivity index (χ0n) is 20.8. The number of hydrogen-bond acceptors (Lipinski definition) is 5. The van der Waals surface area contributed by atoms with Crippen molar-refractivity contribution in [3.8, 4) is 5.75 Å². The van der Waals surface area contributed by atoms with Crippen LogP contribution in [0.15, 0.2) is 48.5 Å². The van der Waals surface area contributed by atoms with E-state index >= 15 is 0 Å². The Morgan fingerprint density at radius 2 is 1.81 bits per heavy atom. The number of nitrogens with one attached hydrogen (secondary N) is 1. The maximum absolute atomic E-state index is 13.8. The van der Waals surface area contributed by atoms with Crippen LogP contribution in [-0.4, -0.2) is 72.1 Å². The average Bonchev–Trinajstić information content (AvgIpc) is 3.27. The Balaban J connectivity index is 1.58. The van der Waals surface area contributed by atoms with E-state index in [1.165, 1.54) is 31.4 Å². The largest absolute Gasteiger partial charge is 0.497 e. The van der Waals surface area contributed by atoms with Crippen molar-refractivity contribution in [2.75, 3.05) is 26.8 Å². The third kappa shape index (κ3) is 5.06. The predicted molar refractivity (Wildman–Crippen MR) is 131 cm³/mol.